The molecule has 0 aliphatic carbocycles. The van der Waals surface area contributed by atoms with Gasteiger partial charge in [0.05, 0.1) is 0 Å². The third kappa shape index (κ3) is 2.58. The molecule has 1 aliphatic heterocycles. The third-order valence-corrected chi connectivity index (χ3v) is 4.43. The van der Waals surface area contributed by atoms with Gasteiger partial charge in [0.2, 0.25) is 0 Å². The van der Waals surface area contributed by atoms with Crippen LogP contribution >= 0.6 is 27.5 Å². The van der Waals surface area contributed by atoms with E-state index in [0.717, 1.165) is 27.8 Å². The molecule has 0 amide bonds. The van der Waals surface area contributed by atoms with Gasteiger partial charge in [-0.25, -0.2) is 0 Å². The summed E-state index contributed by atoms with van der Waals surface area (Å²) in [6.45, 7) is 2.06. The summed E-state index contributed by atoms with van der Waals surface area (Å²) in [5.74, 6) is 0.860. The lowest BCUT2D eigenvalue weighted by Gasteiger charge is -2.31. The summed E-state index contributed by atoms with van der Waals surface area (Å²) in [6.07, 6.45) is 0.637. The van der Waals surface area contributed by atoms with Gasteiger partial charge in [-0.1, -0.05) is 51.3 Å². The van der Waals surface area contributed by atoms with Crippen LogP contribution in [0.5, 0.6) is 5.75 Å². The zero-order chi connectivity index (χ0) is 14.3. The second-order valence-corrected chi connectivity index (χ2v) is 6.48. The average molecular weight is 353 g/mol. The smallest absolute Gasteiger partial charge is 0.127 e. The molecule has 1 aliphatic rings. The van der Waals surface area contributed by atoms with Crippen LogP contribution in [0.25, 0.3) is 0 Å². The standard InChI is InChI=1S/C16H15BrClNO/c1-9-2-5-15-12(6-9)14(19)8-16(20-15)11-4-3-10(17)7-13(11)18/h2-7,14,16H,8,19H2,1H3. The van der Waals surface area contributed by atoms with Crippen LogP contribution in [0.3, 0.4) is 0 Å². The van der Waals surface area contributed by atoms with E-state index in [1.54, 1.807) is 0 Å². The Morgan fingerprint density at radius 3 is 2.75 bits per heavy atom. The fraction of sp³-hybridized carbons (Fsp3) is 0.250. The maximum absolute atomic E-state index is 6.31. The Labute approximate surface area is 132 Å². The van der Waals surface area contributed by atoms with Crippen molar-refractivity contribution in [2.45, 2.75) is 25.5 Å². The normalized spacial score (nSPS) is 21.2. The van der Waals surface area contributed by atoms with Crippen molar-refractivity contribution in [3.05, 3.63) is 62.6 Å². The van der Waals surface area contributed by atoms with Crippen molar-refractivity contribution in [3.63, 3.8) is 0 Å². The Balaban J connectivity index is 1.97. The largest absolute Gasteiger partial charge is 0.485 e. The Hall–Kier alpha value is -1.03. The fourth-order valence-corrected chi connectivity index (χ4v) is 3.37. The van der Waals surface area contributed by atoms with Crippen LogP contribution in [0.4, 0.5) is 0 Å². The van der Waals surface area contributed by atoms with Crippen molar-refractivity contribution in [3.8, 4) is 5.75 Å². The summed E-state index contributed by atoms with van der Waals surface area (Å²) in [6, 6.07) is 11.9. The highest BCUT2D eigenvalue weighted by molar-refractivity contribution is 9.10. The SMILES string of the molecule is Cc1ccc2c(c1)C(N)CC(c1ccc(Br)cc1Cl)O2. The average Bonchev–Trinajstić information content (AvgIpc) is 2.39. The van der Waals surface area contributed by atoms with Crippen LogP contribution in [-0.2, 0) is 0 Å². The fourth-order valence-electron chi connectivity index (χ4n) is 2.58. The predicted octanol–water partition coefficient (Wildman–Crippen LogP) is 4.93. The van der Waals surface area contributed by atoms with Crippen LogP contribution in [0.1, 0.15) is 35.3 Å². The lowest BCUT2D eigenvalue weighted by atomic mass is 9.92. The molecule has 4 heteroatoms. The minimum Gasteiger partial charge on any atom is -0.485 e. The van der Waals surface area contributed by atoms with Gasteiger partial charge in [-0.15, -0.1) is 0 Å². The molecule has 3 rings (SSSR count). The molecule has 0 radical (unpaired) electrons. The van der Waals surface area contributed by atoms with Crippen LogP contribution in [0.2, 0.25) is 5.02 Å². The molecule has 0 fully saturated rings. The zero-order valence-electron chi connectivity index (χ0n) is 11.1. The third-order valence-electron chi connectivity index (χ3n) is 3.61. The number of rotatable bonds is 1. The molecule has 0 bridgehead atoms. The monoisotopic (exact) mass is 351 g/mol. The summed E-state index contributed by atoms with van der Waals surface area (Å²) in [5, 5.41) is 0.701. The van der Waals surface area contributed by atoms with Crippen molar-refractivity contribution in [2.75, 3.05) is 0 Å². The molecule has 0 saturated carbocycles. The van der Waals surface area contributed by atoms with E-state index in [-0.39, 0.29) is 12.1 Å². The highest BCUT2D eigenvalue weighted by atomic mass is 79.9. The second-order valence-electron chi connectivity index (χ2n) is 5.16. The quantitative estimate of drug-likeness (QED) is 0.789. The van der Waals surface area contributed by atoms with Crippen molar-refractivity contribution in [1.82, 2.24) is 0 Å². The molecule has 2 atom stereocenters. The van der Waals surface area contributed by atoms with E-state index >= 15 is 0 Å². The summed E-state index contributed by atoms with van der Waals surface area (Å²) in [5.41, 5.74) is 9.55. The van der Waals surface area contributed by atoms with Crippen molar-refractivity contribution < 1.29 is 4.74 Å². The molecule has 2 N–H and O–H groups in total. The first-order chi connectivity index (χ1) is 9.54. The van der Waals surface area contributed by atoms with E-state index in [1.807, 2.05) is 30.3 Å². The second kappa shape index (κ2) is 5.40. The Bertz CT molecular complexity index is 659. The first kappa shape index (κ1) is 13.9. The summed E-state index contributed by atoms with van der Waals surface area (Å²) < 4.78 is 7.04. The molecule has 20 heavy (non-hydrogen) atoms. The van der Waals surface area contributed by atoms with Gasteiger partial charge in [-0.3, -0.25) is 0 Å². The van der Waals surface area contributed by atoms with E-state index in [2.05, 4.69) is 28.9 Å². The minimum absolute atomic E-state index is 0.0247. The van der Waals surface area contributed by atoms with Crippen LogP contribution in [0, 0.1) is 6.92 Å². The molecule has 104 valence electrons. The maximum atomic E-state index is 6.31. The van der Waals surface area contributed by atoms with E-state index in [4.69, 9.17) is 22.1 Å². The number of hydrogen-bond donors (Lipinski definition) is 1. The van der Waals surface area contributed by atoms with E-state index in [1.165, 1.54) is 5.56 Å². The molecule has 2 unspecified atom stereocenters. The highest BCUT2D eigenvalue weighted by Gasteiger charge is 2.28. The van der Waals surface area contributed by atoms with Crippen molar-refractivity contribution >= 4 is 27.5 Å². The minimum atomic E-state index is -0.0965. The molecule has 2 aromatic rings. The molecular formula is C16H15BrClNO. The number of fused-ring (bicyclic) bond motifs is 1. The molecule has 1 heterocycles. The van der Waals surface area contributed by atoms with Gasteiger partial charge in [-0.05, 0) is 25.1 Å². The maximum Gasteiger partial charge on any atom is 0.127 e. The number of nitrogens with two attached hydrogens (primary N) is 1. The van der Waals surface area contributed by atoms with Gasteiger partial charge in [0.15, 0.2) is 0 Å². The van der Waals surface area contributed by atoms with Gasteiger partial charge in [0.25, 0.3) is 0 Å². The molecule has 0 spiro atoms. The van der Waals surface area contributed by atoms with Gasteiger partial charge in [0.1, 0.15) is 11.9 Å². The first-order valence-corrected chi connectivity index (χ1v) is 7.69. The lowest BCUT2D eigenvalue weighted by molar-refractivity contribution is 0.161. The zero-order valence-corrected chi connectivity index (χ0v) is 13.4. The first-order valence-electron chi connectivity index (χ1n) is 6.52. The number of benzene rings is 2. The lowest BCUT2D eigenvalue weighted by Crippen LogP contribution is -2.24. The molecular weight excluding hydrogens is 338 g/mol. The van der Waals surface area contributed by atoms with Crippen molar-refractivity contribution in [1.29, 1.82) is 0 Å². The van der Waals surface area contributed by atoms with Gasteiger partial charge in [0, 0.05) is 33.1 Å². The van der Waals surface area contributed by atoms with Crippen LogP contribution in [-0.4, -0.2) is 0 Å². The molecule has 2 nitrogen and oxygen atoms in total. The Morgan fingerprint density at radius 1 is 1.20 bits per heavy atom. The highest BCUT2D eigenvalue weighted by Crippen LogP contribution is 2.42. The molecule has 2 aromatic carbocycles. The van der Waals surface area contributed by atoms with Gasteiger partial charge < -0.3 is 10.5 Å². The van der Waals surface area contributed by atoms with Crippen LogP contribution in [0.15, 0.2) is 40.9 Å². The number of aryl methyl sites for hydroxylation is 1. The topological polar surface area (TPSA) is 35.2 Å². The van der Waals surface area contributed by atoms with Crippen molar-refractivity contribution in [2.24, 2.45) is 5.73 Å². The summed E-state index contributed by atoms with van der Waals surface area (Å²) in [4.78, 5) is 0. The van der Waals surface area contributed by atoms with E-state index < -0.39 is 0 Å². The Kier molecular flexibility index (Phi) is 3.76. The Morgan fingerprint density at radius 2 is 2.00 bits per heavy atom. The number of ether oxygens (including phenoxy) is 1. The predicted molar refractivity (Wildman–Crippen MR) is 85.2 cm³/mol. The molecule has 0 saturated heterocycles. The van der Waals surface area contributed by atoms with E-state index in [0.29, 0.717) is 5.02 Å². The summed E-state index contributed by atoms with van der Waals surface area (Å²) in [7, 11) is 0. The number of hydrogen-bond acceptors (Lipinski definition) is 2. The number of halogens is 2. The summed E-state index contributed by atoms with van der Waals surface area (Å²) >= 11 is 9.73. The van der Waals surface area contributed by atoms with E-state index in [9.17, 15) is 0 Å². The van der Waals surface area contributed by atoms with Gasteiger partial charge >= 0.3 is 0 Å². The van der Waals surface area contributed by atoms with Gasteiger partial charge in [-0.2, -0.15) is 0 Å². The molecule has 0 aromatic heterocycles. The van der Waals surface area contributed by atoms with Crippen LogP contribution < -0.4 is 10.5 Å².